The number of nitrogens with one attached hydrogen (secondary N) is 1. The summed E-state index contributed by atoms with van der Waals surface area (Å²) in [5, 5.41) is 7.50. The van der Waals surface area contributed by atoms with E-state index in [-0.39, 0.29) is 11.9 Å². The van der Waals surface area contributed by atoms with E-state index in [0.717, 1.165) is 29.1 Å². The quantitative estimate of drug-likeness (QED) is 0.816. The zero-order valence-electron chi connectivity index (χ0n) is 15.9. The minimum atomic E-state index is -0.537. The van der Waals surface area contributed by atoms with Crippen molar-refractivity contribution >= 4 is 34.7 Å². The van der Waals surface area contributed by atoms with Crippen molar-refractivity contribution in [2.45, 2.75) is 51.7 Å². The molecular weight excluding hydrogens is 382 g/mol. The summed E-state index contributed by atoms with van der Waals surface area (Å²) < 4.78 is 5.29. The van der Waals surface area contributed by atoms with Crippen LogP contribution in [0.5, 0.6) is 0 Å². The van der Waals surface area contributed by atoms with Crippen LogP contribution in [0.4, 0.5) is 4.79 Å². The number of piperidine rings is 1. The Morgan fingerprint density at radius 1 is 1.33 bits per heavy atom. The number of nitrogens with zero attached hydrogens (tertiary/aromatic N) is 2. The zero-order valence-corrected chi connectivity index (χ0v) is 17.5. The summed E-state index contributed by atoms with van der Waals surface area (Å²) in [6.07, 6.45) is 2.43. The monoisotopic (exact) mass is 407 g/mol. The molecule has 0 radical (unpaired) electrons. The van der Waals surface area contributed by atoms with Gasteiger partial charge in [-0.2, -0.15) is 0 Å². The van der Waals surface area contributed by atoms with E-state index in [2.05, 4.69) is 10.3 Å². The third kappa shape index (κ3) is 5.29. The summed E-state index contributed by atoms with van der Waals surface area (Å²) in [5.74, 6) is -0.0651. The summed E-state index contributed by atoms with van der Waals surface area (Å²) in [6.45, 7) is 6.57. The van der Waals surface area contributed by atoms with E-state index in [4.69, 9.17) is 4.74 Å². The molecule has 1 atom stereocenters. The molecule has 0 aliphatic carbocycles. The maximum absolute atomic E-state index is 13.0. The average molecular weight is 408 g/mol. The number of aromatic nitrogens is 1. The van der Waals surface area contributed by atoms with Crippen molar-refractivity contribution in [3.8, 4) is 9.88 Å². The number of likely N-dealkylation sites (tertiary alicyclic amines) is 1. The maximum atomic E-state index is 13.0. The van der Waals surface area contributed by atoms with Gasteiger partial charge < -0.3 is 15.0 Å². The van der Waals surface area contributed by atoms with Crippen LogP contribution in [0.2, 0.25) is 0 Å². The van der Waals surface area contributed by atoms with Crippen LogP contribution < -0.4 is 5.32 Å². The molecule has 8 heteroatoms. The normalized spacial score (nSPS) is 17.6. The number of thiophene rings is 1. The highest BCUT2D eigenvalue weighted by molar-refractivity contribution is 7.20. The molecule has 1 aliphatic rings. The molecule has 3 rings (SSSR count). The van der Waals surface area contributed by atoms with Gasteiger partial charge in [-0.15, -0.1) is 22.7 Å². The zero-order chi connectivity index (χ0) is 19.4. The molecule has 1 aliphatic heterocycles. The second-order valence-corrected chi connectivity index (χ2v) is 9.35. The lowest BCUT2D eigenvalue weighted by molar-refractivity contribution is 0.0461. The smallest absolute Gasteiger partial charge is 0.407 e. The van der Waals surface area contributed by atoms with Gasteiger partial charge in [0.05, 0.1) is 4.88 Å². The largest absolute Gasteiger partial charge is 0.444 e. The maximum Gasteiger partial charge on any atom is 0.407 e. The second-order valence-electron chi connectivity index (χ2n) is 7.55. The fourth-order valence-electron chi connectivity index (χ4n) is 3.03. The lowest BCUT2D eigenvalue weighted by atomic mass is 10.0. The number of hydrogen-bond donors (Lipinski definition) is 1. The molecule has 1 saturated heterocycles. The third-order valence-electron chi connectivity index (χ3n) is 4.22. The van der Waals surface area contributed by atoms with Crippen LogP contribution in [-0.4, -0.2) is 46.6 Å². The lowest BCUT2D eigenvalue weighted by Crippen LogP contribution is -2.50. The van der Waals surface area contributed by atoms with E-state index in [1.54, 1.807) is 11.3 Å². The van der Waals surface area contributed by atoms with Gasteiger partial charge in [0.25, 0.3) is 5.91 Å². The van der Waals surface area contributed by atoms with Crippen LogP contribution in [0.1, 0.15) is 50.5 Å². The first-order valence-electron chi connectivity index (χ1n) is 9.11. The molecule has 3 heterocycles. The molecule has 1 N–H and O–H groups in total. The molecule has 6 nitrogen and oxygen atoms in total. The van der Waals surface area contributed by atoms with Gasteiger partial charge in [-0.05, 0) is 51.5 Å². The Morgan fingerprint density at radius 2 is 2.15 bits per heavy atom. The van der Waals surface area contributed by atoms with E-state index in [0.29, 0.717) is 18.8 Å². The number of rotatable bonds is 4. The van der Waals surface area contributed by atoms with Crippen LogP contribution in [-0.2, 0) is 4.74 Å². The fourth-order valence-corrected chi connectivity index (χ4v) is 4.64. The predicted molar refractivity (Wildman–Crippen MR) is 108 cm³/mol. The van der Waals surface area contributed by atoms with E-state index in [1.165, 1.54) is 11.3 Å². The summed E-state index contributed by atoms with van der Waals surface area (Å²) in [5.41, 5.74) is -0.0575. The highest BCUT2D eigenvalue weighted by Crippen LogP contribution is 2.29. The summed E-state index contributed by atoms with van der Waals surface area (Å²) >= 11 is 3.10. The van der Waals surface area contributed by atoms with Gasteiger partial charge in [-0.25, -0.2) is 9.78 Å². The van der Waals surface area contributed by atoms with Crippen LogP contribution >= 0.6 is 22.7 Å². The average Bonchev–Trinajstić information content (AvgIpc) is 3.29. The molecule has 0 spiro atoms. The van der Waals surface area contributed by atoms with Gasteiger partial charge in [0.15, 0.2) is 0 Å². The first-order chi connectivity index (χ1) is 12.8. The molecule has 27 heavy (non-hydrogen) atoms. The number of hydrogen-bond acceptors (Lipinski definition) is 6. The van der Waals surface area contributed by atoms with Gasteiger partial charge in [0.2, 0.25) is 0 Å². The van der Waals surface area contributed by atoms with Crippen molar-refractivity contribution in [3.63, 3.8) is 0 Å². The number of carbonyl (C=O) groups excluding carboxylic acids is 2. The minimum absolute atomic E-state index is 0.0364. The minimum Gasteiger partial charge on any atom is -0.444 e. The van der Waals surface area contributed by atoms with E-state index in [9.17, 15) is 9.59 Å². The highest BCUT2D eigenvalue weighted by atomic mass is 32.1. The Balaban J connectivity index is 1.64. The first kappa shape index (κ1) is 19.8. The van der Waals surface area contributed by atoms with Crippen molar-refractivity contribution in [1.29, 1.82) is 0 Å². The molecule has 146 valence electrons. The van der Waals surface area contributed by atoms with Crippen LogP contribution in [0.3, 0.4) is 0 Å². The van der Waals surface area contributed by atoms with Crippen molar-refractivity contribution in [3.05, 3.63) is 28.6 Å². The summed E-state index contributed by atoms with van der Waals surface area (Å²) in [4.78, 5) is 32.4. The van der Waals surface area contributed by atoms with Gasteiger partial charge in [-0.3, -0.25) is 4.79 Å². The summed E-state index contributed by atoms with van der Waals surface area (Å²) in [6, 6.07) is 3.95. The number of carbonyl (C=O) groups is 2. The first-order valence-corrected chi connectivity index (χ1v) is 10.9. The third-order valence-corrected chi connectivity index (χ3v) is 6.11. The van der Waals surface area contributed by atoms with Crippen molar-refractivity contribution < 1.29 is 14.3 Å². The van der Waals surface area contributed by atoms with Gasteiger partial charge in [0, 0.05) is 24.5 Å². The Labute approximate surface area is 167 Å². The summed E-state index contributed by atoms with van der Waals surface area (Å²) in [7, 11) is 0. The number of amides is 2. The Hall–Kier alpha value is -1.93. The molecule has 0 bridgehead atoms. The Bertz CT molecular complexity index is 780. The molecule has 2 aromatic rings. The molecule has 2 aromatic heterocycles. The molecular formula is C19H25N3O3S2. The molecule has 0 aromatic carbocycles. The Kier molecular flexibility index (Phi) is 6.16. The molecule has 1 fully saturated rings. The standard InChI is InChI=1S/C19H25N3O3S2/c1-19(2,3)25-18(24)20-11-13-7-4-5-9-22(13)17(23)14-12-27-16(21-14)15-8-6-10-26-15/h6,8,10,12-13H,4-5,7,9,11H2,1-3H3,(H,20,24). The van der Waals surface area contributed by atoms with Crippen molar-refractivity contribution in [2.75, 3.05) is 13.1 Å². The van der Waals surface area contributed by atoms with Crippen LogP contribution in [0, 0.1) is 0 Å². The SMILES string of the molecule is CC(C)(C)OC(=O)NCC1CCCCN1C(=O)c1csc(-c2cccs2)n1. The molecule has 1 unspecified atom stereocenters. The molecule has 2 amide bonds. The second kappa shape index (κ2) is 8.39. The lowest BCUT2D eigenvalue weighted by Gasteiger charge is -2.35. The highest BCUT2D eigenvalue weighted by Gasteiger charge is 2.29. The predicted octanol–water partition coefficient (Wildman–Crippen LogP) is 4.39. The van der Waals surface area contributed by atoms with Gasteiger partial charge in [-0.1, -0.05) is 6.07 Å². The van der Waals surface area contributed by atoms with E-state index >= 15 is 0 Å². The van der Waals surface area contributed by atoms with Gasteiger partial charge >= 0.3 is 6.09 Å². The number of ether oxygens (including phenoxy) is 1. The number of thiazole rings is 1. The van der Waals surface area contributed by atoms with E-state index in [1.807, 2.05) is 48.6 Å². The van der Waals surface area contributed by atoms with Gasteiger partial charge in [0.1, 0.15) is 16.3 Å². The van der Waals surface area contributed by atoms with E-state index < -0.39 is 11.7 Å². The fraction of sp³-hybridized carbons (Fsp3) is 0.526. The topological polar surface area (TPSA) is 71.5 Å². The number of alkyl carbamates (subject to hydrolysis) is 1. The van der Waals surface area contributed by atoms with Crippen LogP contribution in [0.25, 0.3) is 9.88 Å². The Morgan fingerprint density at radius 3 is 2.85 bits per heavy atom. The molecule has 0 saturated carbocycles. The van der Waals surface area contributed by atoms with Crippen molar-refractivity contribution in [2.24, 2.45) is 0 Å². The van der Waals surface area contributed by atoms with Crippen molar-refractivity contribution in [1.82, 2.24) is 15.2 Å². The van der Waals surface area contributed by atoms with Crippen LogP contribution in [0.15, 0.2) is 22.9 Å².